The lowest BCUT2D eigenvalue weighted by atomic mass is 10.3. The van der Waals surface area contributed by atoms with E-state index in [4.69, 9.17) is 0 Å². The van der Waals surface area contributed by atoms with Crippen molar-refractivity contribution >= 4 is 21.2 Å². The van der Waals surface area contributed by atoms with Gasteiger partial charge in [-0.25, -0.2) is 23.1 Å². The summed E-state index contributed by atoms with van der Waals surface area (Å²) in [5.41, 5.74) is 1.52. The fourth-order valence-corrected chi connectivity index (χ4v) is 3.49. The molecule has 0 spiro atoms. The molecular weight excluding hydrogens is 312 g/mol. The van der Waals surface area contributed by atoms with Gasteiger partial charge >= 0.3 is 0 Å². The third-order valence-electron chi connectivity index (χ3n) is 3.51. The van der Waals surface area contributed by atoms with Crippen molar-refractivity contribution in [1.29, 1.82) is 0 Å². The maximum atomic E-state index is 12.3. The third-order valence-corrected chi connectivity index (χ3v) is 4.93. The van der Waals surface area contributed by atoms with Gasteiger partial charge < -0.3 is 4.57 Å². The van der Waals surface area contributed by atoms with E-state index in [1.807, 2.05) is 30.5 Å². The molecule has 7 heteroatoms. The van der Waals surface area contributed by atoms with E-state index < -0.39 is 10.0 Å². The van der Waals surface area contributed by atoms with E-state index in [0.717, 1.165) is 11.2 Å². The summed E-state index contributed by atoms with van der Waals surface area (Å²) in [6, 6.07) is 12.1. The van der Waals surface area contributed by atoms with Gasteiger partial charge in [-0.15, -0.1) is 0 Å². The van der Waals surface area contributed by atoms with Crippen molar-refractivity contribution in [2.45, 2.75) is 31.3 Å². The molecule has 0 aliphatic carbocycles. The molecule has 0 aliphatic heterocycles. The van der Waals surface area contributed by atoms with Gasteiger partial charge in [0.05, 0.1) is 11.4 Å². The molecule has 0 saturated heterocycles. The van der Waals surface area contributed by atoms with Gasteiger partial charge in [-0.3, -0.25) is 0 Å². The summed E-state index contributed by atoms with van der Waals surface area (Å²) < 4.78 is 29.2. The molecule has 0 radical (unpaired) electrons. The molecule has 3 aromatic rings. The van der Waals surface area contributed by atoms with Crippen molar-refractivity contribution in [3.8, 4) is 0 Å². The van der Waals surface area contributed by atoms with Crippen LogP contribution in [0.1, 0.15) is 25.7 Å². The van der Waals surface area contributed by atoms with E-state index in [0.29, 0.717) is 5.82 Å². The molecule has 23 heavy (non-hydrogen) atoms. The normalized spacial score (nSPS) is 12.1. The second-order valence-electron chi connectivity index (χ2n) is 5.48. The van der Waals surface area contributed by atoms with Gasteiger partial charge in [-0.05, 0) is 38.1 Å². The minimum absolute atomic E-state index is 0.117. The molecule has 6 nitrogen and oxygen atoms in total. The van der Waals surface area contributed by atoms with Crippen LogP contribution in [0.25, 0.3) is 11.2 Å². The van der Waals surface area contributed by atoms with Crippen LogP contribution in [0.5, 0.6) is 0 Å². The zero-order valence-corrected chi connectivity index (χ0v) is 13.8. The molecule has 0 atom stereocenters. The first-order valence-corrected chi connectivity index (χ1v) is 8.84. The van der Waals surface area contributed by atoms with E-state index in [2.05, 4.69) is 14.7 Å². The van der Waals surface area contributed by atoms with Gasteiger partial charge in [0.25, 0.3) is 0 Å². The second-order valence-corrected chi connectivity index (χ2v) is 7.24. The Morgan fingerprint density at radius 2 is 1.87 bits per heavy atom. The Labute approximate surface area is 135 Å². The van der Waals surface area contributed by atoms with Crippen molar-refractivity contribution < 1.29 is 8.42 Å². The minimum atomic E-state index is -3.56. The van der Waals surface area contributed by atoms with Gasteiger partial charge in [0.2, 0.25) is 10.0 Å². The molecule has 0 fully saturated rings. The molecule has 1 aromatic carbocycles. The number of hydrogen-bond acceptors (Lipinski definition) is 4. The van der Waals surface area contributed by atoms with Crippen LogP contribution in [0.2, 0.25) is 0 Å². The predicted octanol–water partition coefficient (Wildman–Crippen LogP) is 2.49. The molecular formula is C16H18N4O2S. The van der Waals surface area contributed by atoms with Gasteiger partial charge in [0.1, 0.15) is 11.3 Å². The summed E-state index contributed by atoms with van der Waals surface area (Å²) in [5.74, 6) is 0.646. The van der Waals surface area contributed by atoms with Crippen LogP contribution in [0, 0.1) is 0 Å². The monoisotopic (exact) mass is 330 g/mol. The number of pyridine rings is 1. The van der Waals surface area contributed by atoms with Crippen LogP contribution >= 0.6 is 0 Å². The fourth-order valence-electron chi connectivity index (χ4n) is 2.49. The first-order chi connectivity index (χ1) is 11.0. The minimum Gasteiger partial charge on any atom is -0.309 e. The number of sulfonamides is 1. The number of nitrogens with one attached hydrogen (secondary N) is 1. The molecule has 1 N–H and O–H groups in total. The van der Waals surface area contributed by atoms with Crippen molar-refractivity contribution in [2.24, 2.45) is 0 Å². The molecule has 3 rings (SSSR count). The zero-order chi connectivity index (χ0) is 16.4. The Bertz CT molecular complexity index is 918. The van der Waals surface area contributed by atoms with Gasteiger partial charge in [0, 0.05) is 12.2 Å². The highest BCUT2D eigenvalue weighted by atomic mass is 32.2. The van der Waals surface area contributed by atoms with E-state index in [9.17, 15) is 8.42 Å². The predicted molar refractivity (Wildman–Crippen MR) is 88.4 cm³/mol. The van der Waals surface area contributed by atoms with Gasteiger partial charge in [-0.2, -0.15) is 0 Å². The van der Waals surface area contributed by atoms with E-state index in [-0.39, 0.29) is 17.5 Å². The number of aromatic nitrogens is 3. The molecule has 0 bridgehead atoms. The summed E-state index contributed by atoms with van der Waals surface area (Å²) in [5, 5.41) is 0. The average Bonchev–Trinajstić information content (AvgIpc) is 2.92. The fraction of sp³-hybridized carbons (Fsp3) is 0.250. The van der Waals surface area contributed by atoms with Gasteiger partial charge in [0.15, 0.2) is 5.65 Å². The largest absolute Gasteiger partial charge is 0.309 e. The summed E-state index contributed by atoms with van der Waals surface area (Å²) in [6.45, 7) is 4.15. The van der Waals surface area contributed by atoms with Crippen LogP contribution < -0.4 is 4.72 Å². The maximum absolute atomic E-state index is 12.3. The molecule has 0 unspecified atom stereocenters. The van der Waals surface area contributed by atoms with Crippen LogP contribution in [0.4, 0.5) is 0 Å². The summed E-state index contributed by atoms with van der Waals surface area (Å²) in [7, 11) is -3.56. The Balaban J connectivity index is 1.92. The topological polar surface area (TPSA) is 76.9 Å². The summed E-state index contributed by atoms with van der Waals surface area (Å²) in [6.07, 6.45) is 1.71. The molecule has 0 saturated carbocycles. The first kappa shape index (κ1) is 15.6. The Kier molecular flexibility index (Phi) is 4.14. The van der Waals surface area contributed by atoms with Crippen molar-refractivity contribution in [1.82, 2.24) is 19.3 Å². The second kappa shape index (κ2) is 6.10. The Morgan fingerprint density at radius 1 is 1.13 bits per heavy atom. The lowest BCUT2D eigenvalue weighted by Gasteiger charge is -2.13. The highest BCUT2D eigenvalue weighted by molar-refractivity contribution is 7.89. The third kappa shape index (κ3) is 3.11. The van der Waals surface area contributed by atoms with Crippen molar-refractivity contribution in [3.05, 3.63) is 54.5 Å². The zero-order valence-electron chi connectivity index (χ0n) is 13.0. The van der Waals surface area contributed by atoms with Gasteiger partial charge in [-0.1, -0.05) is 18.2 Å². The lowest BCUT2D eigenvalue weighted by Crippen LogP contribution is -2.25. The molecule has 120 valence electrons. The summed E-state index contributed by atoms with van der Waals surface area (Å²) in [4.78, 5) is 9.09. The van der Waals surface area contributed by atoms with Crippen LogP contribution in [0.15, 0.2) is 53.6 Å². The SMILES string of the molecule is CC(C)n1c(CNS(=O)(=O)c2ccccc2)nc2cccnc21. The number of imidazole rings is 1. The van der Waals surface area contributed by atoms with Crippen LogP contribution in [0.3, 0.4) is 0 Å². The van der Waals surface area contributed by atoms with Crippen molar-refractivity contribution in [2.75, 3.05) is 0 Å². The number of hydrogen-bond donors (Lipinski definition) is 1. The quantitative estimate of drug-likeness (QED) is 0.780. The maximum Gasteiger partial charge on any atom is 0.240 e. The Hall–Kier alpha value is -2.25. The Morgan fingerprint density at radius 3 is 2.57 bits per heavy atom. The van der Waals surface area contributed by atoms with E-state index in [1.165, 1.54) is 0 Å². The highest BCUT2D eigenvalue weighted by Crippen LogP contribution is 2.19. The lowest BCUT2D eigenvalue weighted by molar-refractivity contribution is 0.556. The van der Waals surface area contributed by atoms with Crippen molar-refractivity contribution in [3.63, 3.8) is 0 Å². The smallest absolute Gasteiger partial charge is 0.240 e. The first-order valence-electron chi connectivity index (χ1n) is 7.35. The molecule has 0 amide bonds. The van der Waals surface area contributed by atoms with Crippen LogP contribution in [-0.2, 0) is 16.6 Å². The number of benzene rings is 1. The number of fused-ring (bicyclic) bond motifs is 1. The summed E-state index contributed by atoms with van der Waals surface area (Å²) >= 11 is 0. The highest BCUT2D eigenvalue weighted by Gasteiger charge is 2.18. The number of nitrogens with zero attached hydrogens (tertiary/aromatic N) is 3. The average molecular weight is 330 g/mol. The van der Waals surface area contributed by atoms with E-state index >= 15 is 0 Å². The molecule has 2 aromatic heterocycles. The molecule has 2 heterocycles. The standard InChI is InChI=1S/C16H18N4O2S/c1-12(2)20-15(19-14-9-6-10-17-16(14)20)11-18-23(21,22)13-7-4-3-5-8-13/h3-10,12,18H,11H2,1-2H3. The molecule has 0 aliphatic rings. The van der Waals surface area contributed by atoms with Crippen LogP contribution in [-0.4, -0.2) is 23.0 Å². The van der Waals surface area contributed by atoms with E-state index in [1.54, 1.807) is 36.5 Å². The number of rotatable bonds is 5.